The standard InChI is InChI=1S/C14H17N3O/c1-4-17(12(2)10-15-3)14(18)8-7-13-6-5-9-16-11-13/h5-9,11-12H,4,10H2,1-2H3/b8-7+/t12-/m1/s1. The zero-order chi connectivity index (χ0) is 13.4. The van der Waals surface area contributed by atoms with Crippen LogP contribution in [-0.4, -0.2) is 34.9 Å². The molecular formula is C14H17N3O. The van der Waals surface area contributed by atoms with E-state index in [-0.39, 0.29) is 11.9 Å². The van der Waals surface area contributed by atoms with Crippen LogP contribution in [0.2, 0.25) is 0 Å². The lowest BCUT2D eigenvalue weighted by Crippen LogP contribution is -2.38. The number of rotatable bonds is 5. The molecule has 1 amide bonds. The first-order chi connectivity index (χ1) is 8.69. The number of aromatic nitrogens is 1. The third-order valence-corrected chi connectivity index (χ3v) is 2.61. The SMILES string of the molecule is [C-]#[N+]C[C@@H](C)N(CC)C(=O)/C=C/c1cccnc1. The van der Waals surface area contributed by atoms with Gasteiger partial charge in [0.05, 0.1) is 0 Å². The van der Waals surface area contributed by atoms with Gasteiger partial charge in [0.15, 0.2) is 0 Å². The Labute approximate surface area is 108 Å². The molecule has 0 fully saturated rings. The van der Waals surface area contributed by atoms with Crippen LogP contribution >= 0.6 is 0 Å². The monoisotopic (exact) mass is 243 g/mol. The summed E-state index contributed by atoms with van der Waals surface area (Å²) in [6, 6.07) is 3.65. The molecule has 1 aromatic rings. The highest BCUT2D eigenvalue weighted by Crippen LogP contribution is 2.04. The van der Waals surface area contributed by atoms with Crippen molar-refractivity contribution in [3.05, 3.63) is 47.6 Å². The summed E-state index contributed by atoms with van der Waals surface area (Å²) in [7, 11) is 0. The first-order valence-electron chi connectivity index (χ1n) is 5.91. The first kappa shape index (κ1) is 13.9. The average Bonchev–Trinajstić information content (AvgIpc) is 2.39. The number of pyridine rings is 1. The van der Waals surface area contributed by atoms with Gasteiger partial charge in [0.25, 0.3) is 0 Å². The van der Waals surface area contributed by atoms with Crippen molar-refractivity contribution in [1.29, 1.82) is 0 Å². The molecule has 0 unspecified atom stereocenters. The maximum absolute atomic E-state index is 12.0. The zero-order valence-electron chi connectivity index (χ0n) is 10.7. The minimum Gasteiger partial charge on any atom is -0.329 e. The van der Waals surface area contributed by atoms with Crippen LogP contribution < -0.4 is 0 Å². The van der Waals surface area contributed by atoms with Gasteiger partial charge in [-0.2, -0.15) is 0 Å². The van der Waals surface area contributed by atoms with Crippen LogP contribution in [0.1, 0.15) is 19.4 Å². The van der Waals surface area contributed by atoms with Gasteiger partial charge in [0.1, 0.15) is 6.04 Å². The second-order valence-electron chi connectivity index (χ2n) is 3.93. The summed E-state index contributed by atoms with van der Waals surface area (Å²) in [6.07, 6.45) is 6.65. The van der Waals surface area contributed by atoms with Crippen molar-refractivity contribution < 1.29 is 4.79 Å². The zero-order valence-corrected chi connectivity index (χ0v) is 10.7. The molecule has 0 radical (unpaired) electrons. The fraction of sp³-hybridized carbons (Fsp3) is 0.357. The molecule has 0 aliphatic carbocycles. The molecular weight excluding hydrogens is 226 g/mol. The van der Waals surface area contributed by atoms with Crippen molar-refractivity contribution in [2.45, 2.75) is 19.9 Å². The molecule has 1 heterocycles. The lowest BCUT2D eigenvalue weighted by atomic mass is 10.2. The predicted octanol–water partition coefficient (Wildman–Crippen LogP) is 2.25. The number of likely N-dealkylation sites (N-methyl/N-ethyl adjacent to an activating group) is 1. The highest BCUT2D eigenvalue weighted by Gasteiger charge is 2.17. The Morgan fingerprint density at radius 3 is 3.00 bits per heavy atom. The summed E-state index contributed by atoms with van der Waals surface area (Å²) >= 11 is 0. The van der Waals surface area contributed by atoms with E-state index in [4.69, 9.17) is 6.57 Å². The molecule has 94 valence electrons. The minimum absolute atomic E-state index is 0.0569. The molecule has 4 heteroatoms. The lowest BCUT2D eigenvalue weighted by molar-refractivity contribution is -0.127. The molecule has 1 atom stereocenters. The smallest absolute Gasteiger partial charge is 0.247 e. The van der Waals surface area contributed by atoms with Crippen molar-refractivity contribution in [2.24, 2.45) is 0 Å². The summed E-state index contributed by atoms with van der Waals surface area (Å²) in [5.74, 6) is -0.0718. The summed E-state index contributed by atoms with van der Waals surface area (Å²) in [5.41, 5.74) is 0.889. The molecule has 0 aromatic carbocycles. The maximum Gasteiger partial charge on any atom is 0.247 e. The third-order valence-electron chi connectivity index (χ3n) is 2.61. The van der Waals surface area contributed by atoms with Crippen LogP contribution in [0.15, 0.2) is 30.6 Å². The molecule has 0 aliphatic rings. The van der Waals surface area contributed by atoms with Gasteiger partial charge in [-0.3, -0.25) is 9.78 Å². The number of nitrogens with zero attached hydrogens (tertiary/aromatic N) is 3. The highest BCUT2D eigenvalue weighted by molar-refractivity contribution is 5.91. The molecule has 0 saturated carbocycles. The van der Waals surface area contributed by atoms with Gasteiger partial charge in [0, 0.05) is 25.0 Å². The van der Waals surface area contributed by atoms with Crippen LogP contribution in [0.25, 0.3) is 10.9 Å². The second kappa shape index (κ2) is 7.23. The van der Waals surface area contributed by atoms with Crippen LogP contribution in [-0.2, 0) is 4.79 Å². The molecule has 4 nitrogen and oxygen atoms in total. The van der Waals surface area contributed by atoms with E-state index in [2.05, 4.69) is 9.83 Å². The second-order valence-corrected chi connectivity index (χ2v) is 3.93. The number of amides is 1. The van der Waals surface area contributed by atoms with Crippen molar-refractivity contribution >= 4 is 12.0 Å². The highest BCUT2D eigenvalue weighted by atomic mass is 16.2. The van der Waals surface area contributed by atoms with E-state index in [1.54, 1.807) is 23.4 Å². The number of carbonyl (C=O) groups is 1. The Kier molecular flexibility index (Phi) is 5.59. The number of hydrogen-bond donors (Lipinski definition) is 0. The van der Waals surface area contributed by atoms with Crippen molar-refractivity contribution in [1.82, 2.24) is 9.88 Å². The van der Waals surface area contributed by atoms with Gasteiger partial charge in [-0.05, 0) is 31.6 Å². The topological polar surface area (TPSA) is 37.6 Å². The van der Waals surface area contributed by atoms with Crippen LogP contribution in [0.5, 0.6) is 0 Å². The Morgan fingerprint density at radius 2 is 2.44 bits per heavy atom. The Morgan fingerprint density at radius 1 is 1.67 bits per heavy atom. The van der Waals surface area contributed by atoms with E-state index < -0.39 is 0 Å². The van der Waals surface area contributed by atoms with Gasteiger partial charge in [-0.1, -0.05) is 6.07 Å². The Hall–Kier alpha value is -2.15. The van der Waals surface area contributed by atoms with Crippen LogP contribution in [0.3, 0.4) is 0 Å². The molecule has 0 spiro atoms. The van der Waals surface area contributed by atoms with Gasteiger partial charge in [-0.25, -0.2) is 6.57 Å². The van der Waals surface area contributed by atoms with Crippen LogP contribution in [0.4, 0.5) is 0 Å². The Bertz CT molecular complexity index is 448. The molecule has 1 rings (SSSR count). The summed E-state index contributed by atoms with van der Waals surface area (Å²) in [5, 5.41) is 0. The maximum atomic E-state index is 12.0. The van der Waals surface area contributed by atoms with E-state index >= 15 is 0 Å². The average molecular weight is 243 g/mol. The summed E-state index contributed by atoms with van der Waals surface area (Å²) in [6.45, 7) is 11.6. The molecule has 0 saturated heterocycles. The van der Waals surface area contributed by atoms with Crippen LogP contribution in [0, 0.1) is 6.57 Å². The van der Waals surface area contributed by atoms with Gasteiger partial charge < -0.3 is 9.74 Å². The van der Waals surface area contributed by atoms with E-state index in [9.17, 15) is 4.79 Å². The lowest BCUT2D eigenvalue weighted by Gasteiger charge is -2.23. The minimum atomic E-state index is -0.0718. The van der Waals surface area contributed by atoms with E-state index in [0.29, 0.717) is 13.1 Å². The number of hydrogen-bond acceptors (Lipinski definition) is 2. The molecule has 1 aromatic heterocycles. The van der Waals surface area contributed by atoms with Crippen molar-refractivity contribution in [3.63, 3.8) is 0 Å². The molecule has 0 N–H and O–H groups in total. The molecule has 18 heavy (non-hydrogen) atoms. The van der Waals surface area contributed by atoms with E-state index in [1.165, 1.54) is 6.08 Å². The van der Waals surface area contributed by atoms with Crippen molar-refractivity contribution in [2.75, 3.05) is 13.1 Å². The van der Waals surface area contributed by atoms with Gasteiger partial charge >= 0.3 is 0 Å². The normalized spacial score (nSPS) is 12.1. The van der Waals surface area contributed by atoms with Gasteiger partial charge in [0.2, 0.25) is 12.5 Å². The fourth-order valence-corrected chi connectivity index (χ4v) is 1.65. The summed E-state index contributed by atoms with van der Waals surface area (Å²) in [4.78, 5) is 21.0. The van der Waals surface area contributed by atoms with Crippen molar-refractivity contribution in [3.8, 4) is 0 Å². The third kappa shape index (κ3) is 4.02. The Balaban J connectivity index is 2.69. The largest absolute Gasteiger partial charge is 0.329 e. The quantitative estimate of drug-likeness (QED) is 0.587. The summed E-state index contributed by atoms with van der Waals surface area (Å²) < 4.78 is 0. The van der Waals surface area contributed by atoms with E-state index in [0.717, 1.165) is 5.56 Å². The first-order valence-corrected chi connectivity index (χ1v) is 5.91. The fourth-order valence-electron chi connectivity index (χ4n) is 1.65. The van der Waals surface area contributed by atoms with E-state index in [1.807, 2.05) is 26.0 Å². The predicted molar refractivity (Wildman–Crippen MR) is 71.6 cm³/mol. The number of carbonyl (C=O) groups excluding carboxylic acids is 1. The molecule has 0 bridgehead atoms. The van der Waals surface area contributed by atoms with Gasteiger partial charge in [-0.15, -0.1) is 0 Å². The molecule has 0 aliphatic heterocycles.